The van der Waals surface area contributed by atoms with Gasteiger partial charge in [0.05, 0.1) is 10.2 Å². The lowest BCUT2D eigenvalue weighted by Crippen LogP contribution is -2.09. The third-order valence-electron chi connectivity index (χ3n) is 10.3. The third kappa shape index (κ3) is 5.20. The Kier molecular flexibility index (Phi) is 7.22. The Hall–Kier alpha value is -6.53. The van der Waals surface area contributed by atoms with Crippen LogP contribution in [0.3, 0.4) is 0 Å². The Bertz CT molecular complexity index is 3140. The van der Waals surface area contributed by atoms with Gasteiger partial charge in [0.15, 0.2) is 0 Å². The molecule has 54 heavy (non-hydrogen) atoms. The summed E-state index contributed by atoms with van der Waals surface area (Å²) in [6.45, 7) is 0. The minimum atomic E-state index is 0.904. The highest BCUT2D eigenvalue weighted by Crippen LogP contribution is 2.44. The Morgan fingerprint density at radius 3 is 1.81 bits per heavy atom. The summed E-state index contributed by atoms with van der Waals surface area (Å²) in [6.07, 6.45) is 0. The van der Waals surface area contributed by atoms with Crippen LogP contribution in [0.1, 0.15) is 0 Å². The van der Waals surface area contributed by atoms with Gasteiger partial charge in [0.25, 0.3) is 0 Å². The molecule has 0 aliphatic rings. The van der Waals surface area contributed by atoms with Gasteiger partial charge >= 0.3 is 0 Å². The van der Waals surface area contributed by atoms with Gasteiger partial charge in [0.2, 0.25) is 0 Å². The van der Waals surface area contributed by atoms with E-state index >= 15 is 0 Å². The number of thiazole rings is 1. The molecule has 0 saturated heterocycles. The van der Waals surface area contributed by atoms with Crippen molar-refractivity contribution in [2.45, 2.75) is 0 Å². The molecular weight excluding hydrogens is 697 g/mol. The number of hydrogen-bond acceptors (Lipinski definition) is 5. The summed E-state index contributed by atoms with van der Waals surface area (Å²) in [7, 11) is 0. The second kappa shape index (κ2) is 12.6. The highest BCUT2D eigenvalue weighted by molar-refractivity contribution is 7.26. The second-order valence-electron chi connectivity index (χ2n) is 13.6. The number of thiophene rings is 1. The molecule has 0 unspecified atom stereocenters. The second-order valence-corrected chi connectivity index (χ2v) is 15.7. The van der Waals surface area contributed by atoms with Crippen LogP contribution in [0.5, 0.6) is 0 Å². The summed E-state index contributed by atoms with van der Waals surface area (Å²) < 4.78 is 9.94. The minimum Gasteiger partial charge on any atom is -0.456 e. The maximum Gasteiger partial charge on any atom is 0.136 e. The zero-order valence-electron chi connectivity index (χ0n) is 28.9. The van der Waals surface area contributed by atoms with Crippen molar-refractivity contribution in [3.8, 4) is 32.8 Å². The van der Waals surface area contributed by atoms with Gasteiger partial charge in [-0.2, -0.15) is 0 Å². The molecular formula is C49H30N2OS2. The average molecular weight is 727 g/mol. The van der Waals surface area contributed by atoms with Crippen LogP contribution in [-0.2, 0) is 0 Å². The molecule has 3 nitrogen and oxygen atoms in total. The quantitative estimate of drug-likeness (QED) is 0.171. The lowest BCUT2D eigenvalue weighted by atomic mass is 9.99. The van der Waals surface area contributed by atoms with Crippen molar-refractivity contribution in [2.75, 3.05) is 4.90 Å². The molecule has 3 aromatic heterocycles. The smallest absolute Gasteiger partial charge is 0.136 e. The van der Waals surface area contributed by atoms with Crippen LogP contribution < -0.4 is 4.90 Å². The highest BCUT2D eigenvalue weighted by Gasteiger charge is 2.18. The molecule has 0 atom stereocenters. The molecule has 5 heteroatoms. The van der Waals surface area contributed by atoms with Crippen LogP contribution in [0.25, 0.3) is 85.2 Å². The number of anilines is 3. The molecule has 0 aliphatic carbocycles. The molecule has 0 spiro atoms. The normalized spacial score (nSPS) is 11.7. The minimum absolute atomic E-state index is 0.904. The Morgan fingerprint density at radius 1 is 0.407 bits per heavy atom. The standard InChI is InChI=1S/C49H30N2OS2/c1-3-10-31(11-4-1)32-18-22-35(23-19-32)51(36-24-20-33(21-25-36)38-15-9-17-44-48(38)40-14-7-8-16-43(40)52-44)37-26-27-39-41-29-47-42(30-46(41)53-45(39)28-37)50-49(54-47)34-12-5-2-6-13-34/h1-30H. The van der Waals surface area contributed by atoms with Crippen molar-refractivity contribution < 1.29 is 4.42 Å². The van der Waals surface area contributed by atoms with Crippen LogP contribution in [0, 0.1) is 0 Å². The van der Waals surface area contributed by atoms with Gasteiger partial charge in [0, 0.05) is 53.6 Å². The lowest BCUT2D eigenvalue weighted by molar-refractivity contribution is 0.669. The predicted molar refractivity (Wildman–Crippen MR) is 231 cm³/mol. The van der Waals surface area contributed by atoms with Crippen LogP contribution in [0.4, 0.5) is 17.1 Å². The number of para-hydroxylation sites is 1. The summed E-state index contributed by atoms with van der Waals surface area (Å²) >= 11 is 3.60. The van der Waals surface area contributed by atoms with Gasteiger partial charge in [-0.05, 0) is 82.9 Å². The number of furan rings is 1. The zero-order valence-corrected chi connectivity index (χ0v) is 30.6. The molecule has 0 saturated carbocycles. The molecule has 0 N–H and O–H groups in total. The Balaban J connectivity index is 1.02. The third-order valence-corrected chi connectivity index (χ3v) is 12.5. The largest absolute Gasteiger partial charge is 0.456 e. The van der Waals surface area contributed by atoms with Gasteiger partial charge in [-0.1, -0.05) is 121 Å². The molecule has 3 heterocycles. The van der Waals surface area contributed by atoms with Crippen LogP contribution in [0.15, 0.2) is 186 Å². The summed E-state index contributed by atoms with van der Waals surface area (Å²) in [6, 6.07) is 65.0. The van der Waals surface area contributed by atoms with E-state index in [1.165, 1.54) is 41.6 Å². The first-order valence-electron chi connectivity index (χ1n) is 18.0. The SMILES string of the molecule is c1ccc(-c2ccc(N(c3ccc(-c4cccc5oc6ccccc6c45)cc3)c3ccc4c(c3)sc3cc5nc(-c6ccccc6)sc5cc34)cc2)cc1. The summed E-state index contributed by atoms with van der Waals surface area (Å²) in [5, 5.41) is 5.89. The first-order chi connectivity index (χ1) is 26.7. The van der Waals surface area contributed by atoms with Crippen LogP contribution in [0.2, 0.25) is 0 Å². The fourth-order valence-electron chi connectivity index (χ4n) is 7.72. The van der Waals surface area contributed by atoms with Crippen molar-refractivity contribution in [3.05, 3.63) is 182 Å². The van der Waals surface area contributed by atoms with Crippen molar-refractivity contribution in [3.63, 3.8) is 0 Å². The van der Waals surface area contributed by atoms with E-state index in [1.54, 1.807) is 11.3 Å². The van der Waals surface area contributed by atoms with E-state index in [1.807, 2.05) is 29.5 Å². The Labute approximate surface area is 319 Å². The van der Waals surface area contributed by atoms with E-state index in [0.29, 0.717) is 0 Å². The Morgan fingerprint density at radius 2 is 1.04 bits per heavy atom. The molecule has 0 aliphatic heterocycles. The van der Waals surface area contributed by atoms with Crippen molar-refractivity contribution >= 4 is 92.1 Å². The summed E-state index contributed by atoms with van der Waals surface area (Å²) in [5.41, 5.74) is 12.1. The number of aromatic nitrogens is 1. The van der Waals surface area contributed by atoms with Crippen molar-refractivity contribution in [2.24, 2.45) is 0 Å². The summed E-state index contributed by atoms with van der Waals surface area (Å²) in [4.78, 5) is 7.39. The first-order valence-corrected chi connectivity index (χ1v) is 19.7. The number of hydrogen-bond donors (Lipinski definition) is 0. The maximum atomic E-state index is 6.22. The summed E-state index contributed by atoms with van der Waals surface area (Å²) in [5.74, 6) is 0. The van der Waals surface area contributed by atoms with Gasteiger partial charge in [0.1, 0.15) is 16.2 Å². The van der Waals surface area contributed by atoms with Gasteiger partial charge < -0.3 is 9.32 Å². The van der Waals surface area contributed by atoms with Crippen molar-refractivity contribution in [1.82, 2.24) is 4.98 Å². The molecule has 0 bridgehead atoms. The fraction of sp³-hybridized carbons (Fsp3) is 0. The number of rotatable bonds is 6. The molecule has 0 amide bonds. The van der Waals surface area contributed by atoms with Crippen molar-refractivity contribution in [1.29, 1.82) is 0 Å². The monoisotopic (exact) mass is 726 g/mol. The van der Waals surface area contributed by atoms with E-state index < -0.39 is 0 Å². The number of nitrogens with zero attached hydrogens (tertiary/aromatic N) is 2. The topological polar surface area (TPSA) is 29.3 Å². The molecule has 11 aromatic rings. The first kappa shape index (κ1) is 31.0. The van der Waals surface area contributed by atoms with E-state index in [9.17, 15) is 0 Å². The molecule has 8 aromatic carbocycles. The fourth-order valence-corrected chi connectivity index (χ4v) is 9.86. The van der Waals surface area contributed by atoms with Gasteiger partial charge in [-0.15, -0.1) is 22.7 Å². The zero-order chi connectivity index (χ0) is 35.6. The van der Waals surface area contributed by atoms with E-state index in [4.69, 9.17) is 9.40 Å². The van der Waals surface area contributed by atoms with E-state index in [-0.39, 0.29) is 0 Å². The van der Waals surface area contributed by atoms with Gasteiger partial charge in [-0.25, -0.2) is 4.98 Å². The lowest BCUT2D eigenvalue weighted by Gasteiger charge is -2.26. The highest BCUT2D eigenvalue weighted by atomic mass is 32.1. The van der Waals surface area contributed by atoms with E-state index in [2.05, 4.69) is 169 Å². The maximum absolute atomic E-state index is 6.22. The van der Waals surface area contributed by atoms with Crippen LogP contribution >= 0.6 is 22.7 Å². The predicted octanol–water partition coefficient (Wildman–Crippen LogP) is 15.0. The van der Waals surface area contributed by atoms with Crippen LogP contribution in [-0.4, -0.2) is 4.98 Å². The average Bonchev–Trinajstić information content (AvgIpc) is 3.94. The number of benzene rings is 8. The molecule has 11 rings (SSSR count). The van der Waals surface area contributed by atoms with E-state index in [0.717, 1.165) is 60.7 Å². The molecule has 254 valence electrons. The molecule has 0 radical (unpaired) electrons. The molecule has 0 fully saturated rings. The van der Waals surface area contributed by atoms with Gasteiger partial charge in [-0.3, -0.25) is 0 Å². The number of fused-ring (bicyclic) bond motifs is 7.